The van der Waals surface area contributed by atoms with Gasteiger partial charge in [-0.1, -0.05) is 19.4 Å². The van der Waals surface area contributed by atoms with Crippen molar-refractivity contribution in [2.24, 2.45) is 0 Å². The van der Waals surface area contributed by atoms with Gasteiger partial charge in [0.2, 0.25) is 0 Å². The molecule has 1 saturated heterocycles. The molecule has 3 rings (SSSR count). The Labute approximate surface area is 142 Å². The molecule has 0 unspecified atom stereocenters. The van der Waals surface area contributed by atoms with Gasteiger partial charge in [0, 0.05) is 25.4 Å². The van der Waals surface area contributed by atoms with E-state index in [0.29, 0.717) is 24.4 Å². The molecule has 0 radical (unpaired) electrons. The van der Waals surface area contributed by atoms with Crippen LogP contribution in [0.15, 0.2) is 35.3 Å². The van der Waals surface area contributed by atoms with Gasteiger partial charge in [-0.2, -0.15) is 0 Å². The van der Waals surface area contributed by atoms with Gasteiger partial charge < -0.3 is 9.73 Å². The first-order chi connectivity index (χ1) is 11.8. The molecule has 0 aliphatic carbocycles. The third-order valence-electron chi connectivity index (χ3n) is 4.53. The Morgan fingerprint density at radius 3 is 2.92 bits per heavy atom. The number of oxazole rings is 1. The first kappa shape index (κ1) is 16.6. The van der Waals surface area contributed by atoms with Gasteiger partial charge in [0.25, 0.3) is 5.91 Å². The summed E-state index contributed by atoms with van der Waals surface area (Å²) in [5, 5.41) is 3.02. The van der Waals surface area contributed by atoms with E-state index in [1.807, 2.05) is 19.2 Å². The molecular weight excluding hydrogens is 304 g/mol. The maximum atomic E-state index is 12.4. The molecular formula is C18H24N4O2. The van der Waals surface area contributed by atoms with Gasteiger partial charge in [-0.15, -0.1) is 0 Å². The van der Waals surface area contributed by atoms with Crippen LogP contribution in [0.3, 0.4) is 0 Å². The molecule has 1 aliphatic heterocycles. The van der Waals surface area contributed by atoms with E-state index in [4.69, 9.17) is 4.42 Å². The van der Waals surface area contributed by atoms with E-state index in [1.54, 1.807) is 6.20 Å². The van der Waals surface area contributed by atoms with Crippen LogP contribution in [0.25, 0.3) is 0 Å². The van der Waals surface area contributed by atoms with E-state index in [0.717, 1.165) is 18.7 Å². The highest BCUT2D eigenvalue weighted by Gasteiger charge is 2.24. The molecule has 6 heteroatoms. The summed E-state index contributed by atoms with van der Waals surface area (Å²) in [5.74, 6) is 0.454. The molecule has 1 fully saturated rings. The van der Waals surface area contributed by atoms with Crippen molar-refractivity contribution in [1.29, 1.82) is 0 Å². The van der Waals surface area contributed by atoms with Gasteiger partial charge >= 0.3 is 0 Å². The van der Waals surface area contributed by atoms with E-state index in [2.05, 4.69) is 26.3 Å². The first-order valence-corrected chi connectivity index (χ1v) is 8.64. The van der Waals surface area contributed by atoms with Crippen LogP contribution >= 0.6 is 0 Å². The van der Waals surface area contributed by atoms with Gasteiger partial charge in [0.05, 0.1) is 6.04 Å². The van der Waals surface area contributed by atoms with Crippen molar-refractivity contribution in [3.63, 3.8) is 0 Å². The van der Waals surface area contributed by atoms with Gasteiger partial charge in [-0.05, 0) is 37.6 Å². The van der Waals surface area contributed by atoms with Crippen LogP contribution in [0.1, 0.15) is 54.0 Å². The highest BCUT2D eigenvalue weighted by atomic mass is 16.3. The number of piperidine rings is 1. The summed E-state index contributed by atoms with van der Waals surface area (Å²) in [6.07, 6.45) is 9.33. The monoisotopic (exact) mass is 328 g/mol. The number of rotatable bonds is 6. The van der Waals surface area contributed by atoms with Gasteiger partial charge in [0.15, 0.2) is 12.1 Å². The Morgan fingerprint density at radius 1 is 1.38 bits per heavy atom. The maximum Gasteiger partial charge on any atom is 0.273 e. The molecule has 6 nitrogen and oxygen atoms in total. The van der Waals surface area contributed by atoms with Crippen LogP contribution in [0, 0.1) is 0 Å². The molecule has 128 valence electrons. The summed E-state index contributed by atoms with van der Waals surface area (Å²) >= 11 is 0. The smallest absolute Gasteiger partial charge is 0.273 e. The topological polar surface area (TPSA) is 71.3 Å². The van der Waals surface area contributed by atoms with Crippen LogP contribution in [0.5, 0.6) is 0 Å². The fourth-order valence-electron chi connectivity index (χ4n) is 3.24. The number of hydrogen-bond donors (Lipinski definition) is 1. The lowest BCUT2D eigenvalue weighted by Gasteiger charge is -2.34. The van der Waals surface area contributed by atoms with E-state index < -0.39 is 0 Å². The van der Waals surface area contributed by atoms with Crippen molar-refractivity contribution in [1.82, 2.24) is 20.2 Å². The maximum absolute atomic E-state index is 12.4. The Balaban J connectivity index is 1.71. The highest BCUT2D eigenvalue weighted by Crippen LogP contribution is 2.23. The predicted molar refractivity (Wildman–Crippen MR) is 90.6 cm³/mol. The Hall–Kier alpha value is -2.21. The molecule has 0 spiro atoms. The number of aromatic nitrogens is 2. The molecule has 2 aromatic heterocycles. The molecule has 1 aliphatic rings. The van der Waals surface area contributed by atoms with E-state index >= 15 is 0 Å². The first-order valence-electron chi connectivity index (χ1n) is 8.64. The summed E-state index contributed by atoms with van der Waals surface area (Å²) < 4.78 is 5.25. The zero-order chi connectivity index (χ0) is 16.8. The second kappa shape index (κ2) is 8.06. The van der Waals surface area contributed by atoms with Crippen molar-refractivity contribution in [3.05, 3.63) is 47.9 Å². The Bertz CT molecular complexity index is 650. The van der Waals surface area contributed by atoms with Gasteiger partial charge in [0.1, 0.15) is 5.76 Å². The number of nitrogens with one attached hydrogen (secondary N) is 1. The summed E-state index contributed by atoms with van der Waals surface area (Å²) in [6, 6.07) is 4.16. The predicted octanol–water partition coefficient (Wildman–Crippen LogP) is 2.59. The molecule has 0 saturated carbocycles. The summed E-state index contributed by atoms with van der Waals surface area (Å²) in [4.78, 5) is 23.2. The average molecular weight is 328 g/mol. The third-order valence-corrected chi connectivity index (χ3v) is 4.53. The number of carbonyl (C=O) groups excluding carboxylic acids is 1. The van der Waals surface area contributed by atoms with Crippen LogP contribution < -0.4 is 5.32 Å². The van der Waals surface area contributed by atoms with Crippen LogP contribution in [0.4, 0.5) is 0 Å². The second-order valence-corrected chi connectivity index (χ2v) is 6.09. The molecule has 2 aromatic rings. The Kier molecular flexibility index (Phi) is 5.59. The molecule has 0 aromatic carbocycles. The minimum Gasteiger partial charge on any atom is -0.448 e. The largest absolute Gasteiger partial charge is 0.448 e. The second-order valence-electron chi connectivity index (χ2n) is 6.09. The highest BCUT2D eigenvalue weighted by molar-refractivity contribution is 5.93. The number of aryl methyl sites for hydroxylation is 1. The lowest BCUT2D eigenvalue weighted by molar-refractivity contribution is 0.0918. The fraction of sp³-hybridized carbons (Fsp3) is 0.500. The molecule has 1 atom stereocenters. The summed E-state index contributed by atoms with van der Waals surface area (Å²) in [5.41, 5.74) is 1.52. The number of pyridine rings is 1. The standard InChI is InChI=1S/C18H24N4O2/c1-2-16-17(21-13-24-16)18(23)20-12-15(14-7-6-8-19-11-14)22-9-4-3-5-10-22/h6-8,11,13,15H,2-5,9-10,12H2,1H3,(H,20,23)/t15-/m0/s1. The minimum atomic E-state index is -0.175. The molecule has 24 heavy (non-hydrogen) atoms. The van der Waals surface area contributed by atoms with E-state index in [-0.39, 0.29) is 11.9 Å². The summed E-state index contributed by atoms with van der Waals surface area (Å²) in [7, 11) is 0. The summed E-state index contributed by atoms with van der Waals surface area (Å²) in [6.45, 7) is 4.60. The molecule has 1 amide bonds. The number of nitrogens with zero attached hydrogens (tertiary/aromatic N) is 3. The average Bonchev–Trinajstić information content (AvgIpc) is 3.12. The molecule has 1 N–H and O–H groups in total. The SMILES string of the molecule is CCc1ocnc1C(=O)NC[C@@H](c1cccnc1)N1CCCCC1. The van der Waals surface area contributed by atoms with E-state index in [1.165, 1.54) is 25.7 Å². The zero-order valence-corrected chi connectivity index (χ0v) is 14.1. The van der Waals surface area contributed by atoms with Crippen LogP contribution in [-0.2, 0) is 6.42 Å². The lowest BCUT2D eigenvalue weighted by Crippen LogP contribution is -2.40. The normalized spacial score (nSPS) is 16.7. The third kappa shape index (κ3) is 3.82. The van der Waals surface area contributed by atoms with Crippen molar-refractivity contribution in [2.75, 3.05) is 19.6 Å². The van der Waals surface area contributed by atoms with Crippen LogP contribution in [-0.4, -0.2) is 40.4 Å². The van der Waals surface area contributed by atoms with Crippen molar-refractivity contribution >= 4 is 5.91 Å². The fourth-order valence-corrected chi connectivity index (χ4v) is 3.24. The van der Waals surface area contributed by atoms with Crippen molar-refractivity contribution in [2.45, 2.75) is 38.6 Å². The number of likely N-dealkylation sites (tertiary alicyclic amines) is 1. The Morgan fingerprint density at radius 2 is 2.21 bits per heavy atom. The quantitative estimate of drug-likeness (QED) is 0.882. The number of hydrogen-bond acceptors (Lipinski definition) is 5. The van der Waals surface area contributed by atoms with Crippen LogP contribution in [0.2, 0.25) is 0 Å². The lowest BCUT2D eigenvalue weighted by atomic mass is 10.0. The van der Waals surface area contributed by atoms with Crippen molar-refractivity contribution < 1.29 is 9.21 Å². The zero-order valence-electron chi connectivity index (χ0n) is 14.1. The van der Waals surface area contributed by atoms with E-state index in [9.17, 15) is 4.79 Å². The number of amides is 1. The number of carbonyl (C=O) groups is 1. The van der Waals surface area contributed by atoms with Gasteiger partial charge in [-0.25, -0.2) is 4.98 Å². The van der Waals surface area contributed by atoms with Crippen molar-refractivity contribution in [3.8, 4) is 0 Å². The molecule has 3 heterocycles. The molecule has 0 bridgehead atoms. The van der Waals surface area contributed by atoms with Gasteiger partial charge in [-0.3, -0.25) is 14.7 Å². The minimum absolute atomic E-state index is 0.139.